The fraction of sp³-hybridized carbons (Fsp3) is 0.182. The van der Waals surface area contributed by atoms with Crippen molar-refractivity contribution >= 4 is 22.5 Å². The topological polar surface area (TPSA) is 0 Å². The Morgan fingerprint density at radius 1 is 0.625 bits per heavy atom. The van der Waals surface area contributed by atoms with E-state index in [0.29, 0.717) is 0 Å². The maximum absolute atomic E-state index is 2.81. The molecule has 0 spiro atoms. The summed E-state index contributed by atoms with van der Waals surface area (Å²) in [7, 11) is 3.58. The third kappa shape index (κ3) is 3.32. The second kappa shape index (κ2) is 7.18. The second-order valence-corrected chi connectivity index (χ2v) is 8.16. The van der Waals surface area contributed by atoms with Gasteiger partial charge < -0.3 is 0 Å². The fourth-order valence-corrected chi connectivity index (χ4v) is 4.11. The zero-order valence-corrected chi connectivity index (χ0v) is 16.9. The molecule has 2 atom stereocenters. The van der Waals surface area contributed by atoms with E-state index in [1.165, 1.54) is 49.8 Å². The van der Waals surface area contributed by atoms with Crippen LogP contribution in [0.1, 0.15) is 22.3 Å². The standard InChI is InChI=1S/C22H24P2/c1-14-5-11-22(17(4)16(14)3)19-8-12-21(15(2)13-19)18-6-9-20(24-23)10-7-18/h5-13,24H,23H2,1-4H3. The van der Waals surface area contributed by atoms with Crippen LogP contribution in [0.5, 0.6) is 0 Å². The monoisotopic (exact) mass is 350 g/mol. The summed E-state index contributed by atoms with van der Waals surface area (Å²) in [4.78, 5) is 0. The van der Waals surface area contributed by atoms with E-state index >= 15 is 0 Å². The van der Waals surface area contributed by atoms with Gasteiger partial charge in [0.15, 0.2) is 0 Å². The quantitative estimate of drug-likeness (QED) is 0.483. The lowest BCUT2D eigenvalue weighted by Gasteiger charge is -2.14. The molecule has 0 bridgehead atoms. The fourth-order valence-electron chi connectivity index (χ4n) is 3.17. The Bertz CT molecular complexity index is 877. The highest BCUT2D eigenvalue weighted by Gasteiger charge is 2.09. The third-order valence-corrected chi connectivity index (χ3v) is 6.62. The van der Waals surface area contributed by atoms with Crippen molar-refractivity contribution in [2.24, 2.45) is 0 Å². The highest BCUT2D eigenvalue weighted by atomic mass is 32.0. The molecule has 24 heavy (non-hydrogen) atoms. The zero-order chi connectivity index (χ0) is 17.3. The molecular weight excluding hydrogens is 326 g/mol. The molecule has 0 aliphatic rings. The Hall–Kier alpha value is -1.48. The number of hydrogen-bond donors (Lipinski definition) is 0. The zero-order valence-electron chi connectivity index (χ0n) is 14.8. The molecule has 0 fully saturated rings. The highest BCUT2D eigenvalue weighted by Crippen LogP contribution is 2.32. The van der Waals surface area contributed by atoms with Crippen LogP contribution in [0.3, 0.4) is 0 Å². The molecule has 0 N–H and O–H groups in total. The van der Waals surface area contributed by atoms with Crippen LogP contribution in [-0.4, -0.2) is 0 Å². The molecule has 2 heteroatoms. The SMILES string of the molecule is Cc1cc(-c2ccc(C)c(C)c2C)ccc1-c1ccc(PP)cc1. The lowest BCUT2D eigenvalue weighted by Crippen LogP contribution is -1.93. The van der Waals surface area contributed by atoms with E-state index in [0.717, 1.165) is 8.27 Å². The largest absolute Gasteiger partial charge is 0.110 e. The van der Waals surface area contributed by atoms with Crippen LogP contribution in [-0.2, 0) is 0 Å². The normalized spacial score (nSPS) is 11.4. The summed E-state index contributed by atoms with van der Waals surface area (Å²) < 4.78 is 0. The molecule has 0 nitrogen and oxygen atoms in total. The van der Waals surface area contributed by atoms with Crippen LogP contribution in [0, 0.1) is 27.7 Å². The van der Waals surface area contributed by atoms with Gasteiger partial charge in [0.1, 0.15) is 0 Å². The molecule has 0 saturated carbocycles. The molecular formula is C22H24P2. The van der Waals surface area contributed by atoms with Gasteiger partial charge in [-0.3, -0.25) is 0 Å². The minimum atomic E-state index is 0.773. The van der Waals surface area contributed by atoms with Gasteiger partial charge in [-0.1, -0.05) is 62.9 Å². The van der Waals surface area contributed by atoms with Crippen LogP contribution in [0.4, 0.5) is 0 Å². The molecule has 3 aromatic rings. The van der Waals surface area contributed by atoms with E-state index in [1.54, 1.807) is 0 Å². The molecule has 2 unspecified atom stereocenters. The predicted octanol–water partition coefficient (Wildman–Crippen LogP) is 6.35. The lowest BCUT2D eigenvalue weighted by molar-refractivity contribution is 1.27. The third-order valence-electron chi connectivity index (χ3n) is 4.96. The van der Waals surface area contributed by atoms with E-state index < -0.39 is 0 Å². The first kappa shape index (κ1) is 17.3. The summed E-state index contributed by atoms with van der Waals surface area (Å²) >= 11 is 0. The Morgan fingerprint density at radius 2 is 1.25 bits per heavy atom. The molecule has 0 radical (unpaired) electrons. The Labute approximate surface area is 149 Å². The Kier molecular flexibility index (Phi) is 5.19. The second-order valence-electron chi connectivity index (χ2n) is 6.43. The van der Waals surface area contributed by atoms with Crippen molar-refractivity contribution < 1.29 is 0 Å². The maximum Gasteiger partial charge on any atom is -0.0152 e. The molecule has 0 amide bonds. The summed E-state index contributed by atoms with van der Waals surface area (Å²) in [6.07, 6.45) is 0. The summed E-state index contributed by atoms with van der Waals surface area (Å²) in [5.41, 5.74) is 10.7. The van der Waals surface area contributed by atoms with Gasteiger partial charge in [0.2, 0.25) is 0 Å². The van der Waals surface area contributed by atoms with E-state index in [-0.39, 0.29) is 0 Å². The van der Waals surface area contributed by atoms with Gasteiger partial charge in [-0.2, -0.15) is 0 Å². The summed E-state index contributed by atoms with van der Waals surface area (Å²) in [6.45, 7) is 8.83. The first-order valence-corrected chi connectivity index (χ1v) is 11.1. The highest BCUT2D eigenvalue weighted by molar-refractivity contribution is 8.06. The van der Waals surface area contributed by atoms with Crippen molar-refractivity contribution in [2.75, 3.05) is 0 Å². The van der Waals surface area contributed by atoms with E-state index in [4.69, 9.17) is 0 Å². The molecule has 0 aromatic heterocycles. The summed E-state index contributed by atoms with van der Waals surface area (Å²) in [6, 6.07) is 20.2. The van der Waals surface area contributed by atoms with Crippen molar-refractivity contribution in [1.82, 2.24) is 0 Å². The van der Waals surface area contributed by atoms with Crippen molar-refractivity contribution in [1.29, 1.82) is 0 Å². The van der Waals surface area contributed by atoms with Gasteiger partial charge in [-0.25, -0.2) is 0 Å². The first-order valence-electron chi connectivity index (χ1n) is 8.26. The van der Waals surface area contributed by atoms with Crippen LogP contribution in [0.15, 0.2) is 54.6 Å². The van der Waals surface area contributed by atoms with Crippen LogP contribution in [0.2, 0.25) is 0 Å². The van der Waals surface area contributed by atoms with Crippen molar-refractivity contribution in [3.8, 4) is 22.3 Å². The minimum absolute atomic E-state index is 0.773. The maximum atomic E-state index is 2.81. The summed E-state index contributed by atoms with van der Waals surface area (Å²) in [5.74, 6) is 0. The lowest BCUT2D eigenvalue weighted by atomic mass is 9.91. The average molecular weight is 350 g/mol. The van der Waals surface area contributed by atoms with Crippen molar-refractivity contribution in [2.45, 2.75) is 27.7 Å². The average Bonchev–Trinajstić information content (AvgIpc) is 2.60. The molecule has 122 valence electrons. The molecule has 0 aliphatic heterocycles. The van der Waals surface area contributed by atoms with Gasteiger partial charge in [0.25, 0.3) is 0 Å². The first-order chi connectivity index (χ1) is 11.5. The van der Waals surface area contributed by atoms with E-state index in [1.807, 2.05) is 0 Å². The smallest absolute Gasteiger partial charge is 0.0152 e. The van der Waals surface area contributed by atoms with Crippen molar-refractivity contribution in [3.63, 3.8) is 0 Å². The van der Waals surface area contributed by atoms with Crippen molar-refractivity contribution in [3.05, 3.63) is 76.9 Å². The number of hydrogen-bond acceptors (Lipinski definition) is 0. The van der Waals surface area contributed by atoms with Gasteiger partial charge in [-0.05, 0) is 77.5 Å². The number of rotatable bonds is 3. The Balaban J connectivity index is 2.02. The van der Waals surface area contributed by atoms with Gasteiger partial charge >= 0.3 is 0 Å². The van der Waals surface area contributed by atoms with E-state index in [9.17, 15) is 0 Å². The van der Waals surface area contributed by atoms with Crippen LogP contribution >= 0.6 is 17.2 Å². The van der Waals surface area contributed by atoms with Gasteiger partial charge in [0, 0.05) is 0 Å². The minimum Gasteiger partial charge on any atom is -0.110 e. The molecule has 3 aromatic carbocycles. The molecule has 3 rings (SSSR count). The van der Waals surface area contributed by atoms with E-state index in [2.05, 4.69) is 91.2 Å². The van der Waals surface area contributed by atoms with Crippen LogP contribution < -0.4 is 5.30 Å². The number of benzene rings is 3. The van der Waals surface area contributed by atoms with Crippen LogP contribution in [0.25, 0.3) is 22.3 Å². The summed E-state index contributed by atoms with van der Waals surface area (Å²) in [5, 5.41) is 1.38. The molecule has 0 heterocycles. The van der Waals surface area contributed by atoms with Gasteiger partial charge in [-0.15, -0.1) is 8.93 Å². The molecule has 0 saturated heterocycles. The number of aryl methyl sites for hydroxylation is 2. The van der Waals surface area contributed by atoms with Gasteiger partial charge in [0.05, 0.1) is 0 Å². The predicted molar refractivity (Wildman–Crippen MR) is 114 cm³/mol. The Morgan fingerprint density at radius 3 is 1.88 bits per heavy atom. The molecule has 0 aliphatic carbocycles.